The van der Waals surface area contributed by atoms with E-state index in [2.05, 4.69) is 36.2 Å². The molecular weight excluding hydrogens is 434 g/mol. The predicted octanol–water partition coefficient (Wildman–Crippen LogP) is 4.41. The fourth-order valence-corrected chi connectivity index (χ4v) is 3.53. The van der Waals surface area contributed by atoms with Crippen molar-refractivity contribution >= 4 is 22.0 Å². The molecule has 1 fully saturated rings. The van der Waals surface area contributed by atoms with Crippen LogP contribution in [-0.4, -0.2) is 32.8 Å². The Morgan fingerprint density at radius 2 is 1.96 bits per heavy atom. The van der Waals surface area contributed by atoms with Gasteiger partial charge in [-0.1, -0.05) is 0 Å². The molecule has 150 valence electrons. The van der Waals surface area contributed by atoms with Gasteiger partial charge in [0.25, 0.3) is 0 Å². The molecule has 28 heavy (non-hydrogen) atoms. The Morgan fingerprint density at radius 3 is 2.50 bits per heavy atom. The molecule has 1 aliphatic rings. The second kappa shape index (κ2) is 7.69. The number of alkyl halides is 1. The molecule has 0 saturated heterocycles. The zero-order valence-electron chi connectivity index (χ0n) is 15.7. The van der Waals surface area contributed by atoms with E-state index >= 15 is 0 Å². The van der Waals surface area contributed by atoms with E-state index < -0.39 is 35.1 Å². The molecule has 0 aliphatic heterocycles. The molecule has 9 heteroatoms. The van der Waals surface area contributed by atoms with Crippen molar-refractivity contribution in [3.8, 4) is 0 Å². The summed E-state index contributed by atoms with van der Waals surface area (Å²) in [5, 5.41) is 2.69. The number of rotatable bonds is 4. The molecule has 0 spiro atoms. The van der Waals surface area contributed by atoms with E-state index in [1.54, 1.807) is 20.8 Å². The van der Waals surface area contributed by atoms with Crippen molar-refractivity contribution in [2.75, 3.05) is 0 Å². The number of hydrogen-bond acceptors (Lipinski definition) is 5. The van der Waals surface area contributed by atoms with Gasteiger partial charge in [-0.2, -0.15) is 0 Å². The lowest BCUT2D eigenvalue weighted by Crippen LogP contribution is -2.52. The monoisotopic (exact) mass is 454 g/mol. The number of carbonyl (C=O) groups is 1. The lowest BCUT2D eigenvalue weighted by atomic mass is 9.61. The number of aromatic nitrogens is 3. The Bertz CT molecular complexity index is 852. The number of ether oxygens (including phenoxy) is 1. The predicted molar refractivity (Wildman–Crippen MR) is 102 cm³/mol. The number of carbonyl (C=O) groups excluding carboxylic acids is 1. The van der Waals surface area contributed by atoms with Crippen LogP contribution in [0.25, 0.3) is 0 Å². The summed E-state index contributed by atoms with van der Waals surface area (Å²) < 4.78 is 34.9. The number of pyridine rings is 1. The van der Waals surface area contributed by atoms with Gasteiger partial charge in [0.2, 0.25) is 0 Å². The third-order valence-corrected chi connectivity index (χ3v) is 4.89. The van der Waals surface area contributed by atoms with Gasteiger partial charge in [-0.25, -0.2) is 23.5 Å². The first-order chi connectivity index (χ1) is 13.1. The van der Waals surface area contributed by atoms with Gasteiger partial charge in [-0.05, 0) is 61.7 Å². The Balaban J connectivity index is 2.04. The van der Waals surface area contributed by atoms with Crippen molar-refractivity contribution in [3.63, 3.8) is 0 Å². The van der Waals surface area contributed by atoms with E-state index in [0.29, 0.717) is 4.47 Å². The fourth-order valence-electron chi connectivity index (χ4n) is 3.33. The van der Waals surface area contributed by atoms with Crippen LogP contribution >= 0.6 is 15.9 Å². The largest absolute Gasteiger partial charge is 0.437 e. The van der Waals surface area contributed by atoms with Gasteiger partial charge in [0, 0.05) is 24.1 Å². The molecule has 2 aromatic rings. The molecule has 1 amide bonds. The normalized spacial score (nSPS) is 22.9. The first-order valence-electron chi connectivity index (χ1n) is 8.82. The van der Waals surface area contributed by atoms with Crippen molar-refractivity contribution in [2.45, 2.75) is 56.8 Å². The van der Waals surface area contributed by atoms with Crippen LogP contribution in [-0.2, 0) is 10.2 Å². The highest BCUT2D eigenvalue weighted by Crippen LogP contribution is 2.54. The maximum atomic E-state index is 14.6. The minimum absolute atomic E-state index is 0.0453. The summed E-state index contributed by atoms with van der Waals surface area (Å²) >= 11 is 3.26. The van der Waals surface area contributed by atoms with Crippen molar-refractivity contribution in [2.24, 2.45) is 0 Å². The van der Waals surface area contributed by atoms with Crippen LogP contribution in [0.15, 0.2) is 35.2 Å². The Hall–Kier alpha value is -2.16. The van der Waals surface area contributed by atoms with Crippen LogP contribution in [0.3, 0.4) is 0 Å². The molecule has 6 nitrogen and oxygen atoms in total. The minimum Gasteiger partial charge on any atom is -0.437 e. The summed E-state index contributed by atoms with van der Waals surface area (Å²) in [5.41, 5.74) is -1.69. The Morgan fingerprint density at radius 1 is 1.32 bits per heavy atom. The van der Waals surface area contributed by atoms with Gasteiger partial charge in [0.1, 0.15) is 12.0 Å². The van der Waals surface area contributed by atoms with Gasteiger partial charge in [-0.3, -0.25) is 4.98 Å². The third-order valence-electron chi connectivity index (χ3n) is 4.48. The van der Waals surface area contributed by atoms with E-state index in [1.807, 2.05) is 0 Å². The minimum atomic E-state index is -1.19. The zero-order valence-corrected chi connectivity index (χ0v) is 17.3. The van der Waals surface area contributed by atoms with E-state index in [1.165, 1.54) is 30.7 Å². The van der Waals surface area contributed by atoms with Crippen LogP contribution in [0.4, 0.5) is 13.6 Å². The zero-order chi connectivity index (χ0) is 20.5. The first kappa shape index (κ1) is 20.6. The molecule has 1 unspecified atom stereocenters. The highest BCUT2D eigenvalue weighted by atomic mass is 79.9. The standard InChI is InChI=1S/C19H21BrF2N4O2/c1-18(2,3)26-17(27)28-15(16-24-9-11(20)10-25-16)19(7-12(21)8-19)14-13(22)5-4-6-23-14/h4-6,9-10,12,15H,7-8H2,1-3H3,(H,26,27)/t12-,15?,19-. The van der Waals surface area contributed by atoms with Crippen molar-refractivity contribution in [3.05, 3.63) is 52.5 Å². The highest BCUT2D eigenvalue weighted by molar-refractivity contribution is 9.10. The molecule has 0 bridgehead atoms. The number of halogens is 3. The summed E-state index contributed by atoms with van der Waals surface area (Å²) in [6.45, 7) is 5.40. The van der Waals surface area contributed by atoms with Gasteiger partial charge in [-0.15, -0.1) is 0 Å². The number of amides is 1. The summed E-state index contributed by atoms with van der Waals surface area (Å²) in [4.78, 5) is 25.1. The summed E-state index contributed by atoms with van der Waals surface area (Å²) in [6.07, 6.45) is 1.35. The molecule has 2 aromatic heterocycles. The molecule has 1 atom stereocenters. The molecular formula is C19H21BrF2N4O2. The summed E-state index contributed by atoms with van der Waals surface area (Å²) in [6, 6.07) is 2.71. The maximum Gasteiger partial charge on any atom is 0.408 e. The second-order valence-electron chi connectivity index (χ2n) is 7.92. The Kier molecular flexibility index (Phi) is 5.65. The number of nitrogens with one attached hydrogen (secondary N) is 1. The number of alkyl carbamates (subject to hydrolysis) is 1. The first-order valence-corrected chi connectivity index (χ1v) is 9.61. The second-order valence-corrected chi connectivity index (χ2v) is 8.83. The van der Waals surface area contributed by atoms with Crippen LogP contribution < -0.4 is 5.32 Å². The van der Waals surface area contributed by atoms with E-state index in [9.17, 15) is 13.6 Å². The Labute approximate surface area is 170 Å². The van der Waals surface area contributed by atoms with Crippen molar-refractivity contribution < 1.29 is 18.3 Å². The summed E-state index contributed by atoms with van der Waals surface area (Å²) in [7, 11) is 0. The average Bonchev–Trinajstić information content (AvgIpc) is 2.57. The molecule has 1 aliphatic carbocycles. The topological polar surface area (TPSA) is 77.0 Å². The maximum absolute atomic E-state index is 14.6. The summed E-state index contributed by atoms with van der Waals surface area (Å²) in [5.74, 6) is -0.430. The van der Waals surface area contributed by atoms with Crippen LogP contribution in [0.1, 0.15) is 51.2 Å². The van der Waals surface area contributed by atoms with Crippen molar-refractivity contribution in [1.82, 2.24) is 20.3 Å². The smallest absolute Gasteiger partial charge is 0.408 e. The van der Waals surface area contributed by atoms with E-state index in [4.69, 9.17) is 4.74 Å². The molecule has 1 N–H and O–H groups in total. The van der Waals surface area contributed by atoms with Gasteiger partial charge >= 0.3 is 6.09 Å². The SMILES string of the molecule is CC(C)(C)NC(=O)OC(c1ncc(Br)cn1)[C@]1(c2ncccc2F)C[C@@H](F)C1. The van der Waals surface area contributed by atoms with Crippen LogP contribution in [0.2, 0.25) is 0 Å². The highest BCUT2D eigenvalue weighted by Gasteiger charge is 2.57. The van der Waals surface area contributed by atoms with Gasteiger partial charge in [0.15, 0.2) is 11.9 Å². The molecule has 3 rings (SSSR count). The van der Waals surface area contributed by atoms with Gasteiger partial charge < -0.3 is 10.1 Å². The lowest BCUT2D eigenvalue weighted by molar-refractivity contribution is -0.0421. The lowest BCUT2D eigenvalue weighted by Gasteiger charge is -2.47. The number of hydrogen-bond donors (Lipinski definition) is 1. The van der Waals surface area contributed by atoms with E-state index in [-0.39, 0.29) is 24.4 Å². The van der Waals surface area contributed by atoms with Crippen molar-refractivity contribution in [1.29, 1.82) is 0 Å². The van der Waals surface area contributed by atoms with Gasteiger partial charge in [0.05, 0.1) is 15.6 Å². The molecule has 2 heterocycles. The molecule has 1 saturated carbocycles. The number of nitrogens with zero attached hydrogens (tertiary/aromatic N) is 3. The molecule has 0 radical (unpaired) electrons. The third kappa shape index (κ3) is 4.29. The van der Waals surface area contributed by atoms with Crippen LogP contribution in [0, 0.1) is 5.82 Å². The quantitative estimate of drug-likeness (QED) is 0.739. The fraction of sp³-hybridized carbons (Fsp3) is 0.474. The average molecular weight is 455 g/mol. The van der Waals surface area contributed by atoms with Crippen LogP contribution in [0.5, 0.6) is 0 Å². The molecule has 0 aromatic carbocycles. The van der Waals surface area contributed by atoms with E-state index in [0.717, 1.165) is 0 Å².